The van der Waals surface area contributed by atoms with E-state index in [4.69, 9.17) is 0 Å². The Balaban J connectivity index is 1.15. The van der Waals surface area contributed by atoms with Crippen LogP contribution in [-0.4, -0.2) is 58.0 Å². The summed E-state index contributed by atoms with van der Waals surface area (Å²) < 4.78 is 9.22. The first kappa shape index (κ1) is 23.6. The second-order valence-corrected chi connectivity index (χ2v) is 20.0. The van der Waals surface area contributed by atoms with Crippen LogP contribution >= 0.6 is 0 Å². The van der Waals surface area contributed by atoms with Crippen LogP contribution in [0.5, 0.6) is 0 Å². The molecule has 11 aromatic rings. The summed E-state index contributed by atoms with van der Waals surface area (Å²) in [5.74, 6) is 0. The molecule has 0 amide bonds. The Morgan fingerprint density at radius 1 is 0.262 bits per heavy atom. The van der Waals surface area contributed by atoms with E-state index in [0.717, 1.165) is 0 Å². The SMILES string of the molecule is c1cc2cc3cc4cc5c(cc4cc3cc2[se]1)[se]c1cc2c(cc15)[se]c1cc3cc4cc5[se]ccc5cc4cc3cc12. The average molecular weight is 790 g/mol. The van der Waals surface area contributed by atoms with Crippen molar-refractivity contribution >= 4 is 159 Å². The molecular formula is C38H18Se4. The minimum atomic E-state index is 0.339. The van der Waals surface area contributed by atoms with Crippen LogP contribution in [0, 0.1) is 0 Å². The van der Waals surface area contributed by atoms with Gasteiger partial charge in [-0.3, -0.25) is 0 Å². The van der Waals surface area contributed by atoms with E-state index < -0.39 is 0 Å². The van der Waals surface area contributed by atoms with Crippen LogP contribution < -0.4 is 0 Å². The molecule has 7 aromatic carbocycles. The number of hydrogen-bond acceptors (Lipinski definition) is 0. The fourth-order valence-corrected chi connectivity index (χ4v) is 15.3. The van der Waals surface area contributed by atoms with Crippen LogP contribution in [0.2, 0.25) is 0 Å². The molecule has 4 heterocycles. The summed E-state index contributed by atoms with van der Waals surface area (Å²) in [7, 11) is 0. The van der Waals surface area contributed by atoms with Crippen LogP contribution in [0.1, 0.15) is 0 Å². The van der Waals surface area contributed by atoms with Gasteiger partial charge in [0.15, 0.2) is 0 Å². The van der Waals surface area contributed by atoms with Gasteiger partial charge in [0.1, 0.15) is 0 Å². The minimum absolute atomic E-state index is 0.339. The van der Waals surface area contributed by atoms with Crippen molar-refractivity contribution < 1.29 is 0 Å². The van der Waals surface area contributed by atoms with Gasteiger partial charge in [0.25, 0.3) is 0 Å². The molecule has 0 aliphatic carbocycles. The molecule has 0 bridgehead atoms. The third-order valence-electron chi connectivity index (χ3n) is 9.03. The second kappa shape index (κ2) is 8.40. The first-order chi connectivity index (χ1) is 20.7. The zero-order chi connectivity index (χ0) is 27.1. The zero-order valence-electron chi connectivity index (χ0n) is 22.0. The van der Waals surface area contributed by atoms with E-state index in [-0.39, 0.29) is 0 Å². The van der Waals surface area contributed by atoms with Crippen LogP contribution in [0.4, 0.5) is 0 Å². The van der Waals surface area contributed by atoms with Gasteiger partial charge in [0.05, 0.1) is 0 Å². The second-order valence-electron chi connectivity index (χ2n) is 11.5. The van der Waals surface area contributed by atoms with Crippen molar-refractivity contribution in [1.82, 2.24) is 0 Å². The Kier molecular flexibility index (Phi) is 4.71. The fraction of sp³-hybridized carbons (Fsp3) is 0. The molecule has 0 radical (unpaired) electrons. The molecule has 0 unspecified atom stereocenters. The molecule has 0 aliphatic heterocycles. The number of rotatable bonds is 0. The van der Waals surface area contributed by atoms with E-state index >= 15 is 0 Å². The topological polar surface area (TPSA) is 0 Å². The number of fused-ring (bicyclic) bond motifs is 12. The van der Waals surface area contributed by atoms with Gasteiger partial charge in [-0.1, -0.05) is 0 Å². The molecule has 0 saturated heterocycles. The Morgan fingerprint density at radius 2 is 0.571 bits per heavy atom. The molecule has 0 N–H and O–H groups in total. The summed E-state index contributed by atoms with van der Waals surface area (Å²) in [6.45, 7) is 0. The normalized spacial score (nSPS) is 12.8. The van der Waals surface area contributed by atoms with Crippen LogP contribution in [0.25, 0.3) is 101 Å². The Hall–Kier alpha value is -2.86. The van der Waals surface area contributed by atoms with Crippen molar-refractivity contribution in [3.05, 3.63) is 107 Å². The van der Waals surface area contributed by atoms with E-state index in [1.54, 1.807) is 17.0 Å². The van der Waals surface area contributed by atoms with Crippen molar-refractivity contribution in [3.63, 3.8) is 0 Å². The summed E-state index contributed by atoms with van der Waals surface area (Å²) in [5.41, 5.74) is 0. The van der Waals surface area contributed by atoms with Crippen molar-refractivity contribution in [3.8, 4) is 0 Å². The molecule has 0 spiro atoms. The van der Waals surface area contributed by atoms with Gasteiger partial charge in [0, 0.05) is 0 Å². The third-order valence-corrected chi connectivity index (χ3v) is 17.4. The molecular weight excluding hydrogens is 772 g/mol. The first-order valence-corrected chi connectivity index (χ1v) is 21.1. The van der Waals surface area contributed by atoms with E-state index in [1.807, 2.05) is 0 Å². The van der Waals surface area contributed by atoms with Gasteiger partial charge in [-0.05, 0) is 0 Å². The molecule has 0 atom stereocenters. The van der Waals surface area contributed by atoms with Gasteiger partial charge in [-0.15, -0.1) is 0 Å². The first-order valence-electron chi connectivity index (χ1n) is 14.0. The van der Waals surface area contributed by atoms with Crippen molar-refractivity contribution in [2.75, 3.05) is 0 Å². The van der Waals surface area contributed by atoms with Crippen molar-refractivity contribution in [2.45, 2.75) is 0 Å². The quantitative estimate of drug-likeness (QED) is 0.106. The molecule has 194 valence electrons. The monoisotopic (exact) mass is 794 g/mol. The van der Waals surface area contributed by atoms with Gasteiger partial charge in [-0.2, -0.15) is 0 Å². The summed E-state index contributed by atoms with van der Waals surface area (Å²) in [6.07, 6.45) is 0. The fourth-order valence-electron chi connectivity index (χ4n) is 6.96. The Bertz CT molecular complexity index is 2760. The molecule has 4 heteroatoms. The standard InChI is InChI=1S/C38H18Se4/c1-3-39-33-13-25-9-27-15-35-29(11-23(27)7-21(25)5-19(1)33)31-17-38-32(18-37(31)41-35)30-12-24-8-22-6-20-2-4-40-34(20)14-26(22)10-28(24)16-36(30)42-38/h1-18H. The van der Waals surface area contributed by atoms with E-state index in [2.05, 4.69) is 107 Å². The van der Waals surface area contributed by atoms with Crippen LogP contribution in [-0.2, 0) is 0 Å². The molecule has 4 aromatic heterocycles. The summed E-state index contributed by atoms with van der Waals surface area (Å²) in [6, 6.07) is 39.0. The number of hydrogen-bond donors (Lipinski definition) is 0. The Labute approximate surface area is 263 Å². The number of benzene rings is 7. The molecule has 0 saturated carbocycles. The van der Waals surface area contributed by atoms with Gasteiger partial charge < -0.3 is 0 Å². The van der Waals surface area contributed by atoms with Crippen molar-refractivity contribution in [1.29, 1.82) is 0 Å². The van der Waals surface area contributed by atoms with E-state index in [1.165, 1.54) is 83.9 Å². The molecule has 42 heavy (non-hydrogen) atoms. The third kappa shape index (κ3) is 3.31. The van der Waals surface area contributed by atoms with Gasteiger partial charge in [-0.25, -0.2) is 0 Å². The Morgan fingerprint density at radius 3 is 1.02 bits per heavy atom. The predicted octanol–water partition coefficient (Wildman–Crippen LogP) is 9.45. The molecule has 0 nitrogen and oxygen atoms in total. The maximum atomic E-state index is 2.56. The summed E-state index contributed by atoms with van der Waals surface area (Å²) in [4.78, 5) is 4.69. The predicted molar refractivity (Wildman–Crippen MR) is 189 cm³/mol. The molecule has 0 aliphatic rings. The maximum absolute atomic E-state index is 2.56. The van der Waals surface area contributed by atoms with Crippen molar-refractivity contribution in [2.24, 2.45) is 0 Å². The van der Waals surface area contributed by atoms with E-state index in [0.29, 0.717) is 58.0 Å². The van der Waals surface area contributed by atoms with Gasteiger partial charge in [0.2, 0.25) is 0 Å². The van der Waals surface area contributed by atoms with Crippen LogP contribution in [0.15, 0.2) is 107 Å². The average Bonchev–Trinajstić information content (AvgIpc) is 3.78. The van der Waals surface area contributed by atoms with Crippen LogP contribution in [0.3, 0.4) is 0 Å². The van der Waals surface area contributed by atoms with E-state index in [9.17, 15) is 0 Å². The summed E-state index contributed by atoms with van der Waals surface area (Å²) in [5, 5.41) is 19.7. The van der Waals surface area contributed by atoms with Gasteiger partial charge >= 0.3 is 266 Å². The molecule has 0 fully saturated rings. The summed E-state index contributed by atoms with van der Waals surface area (Å²) >= 11 is 1.65. The zero-order valence-corrected chi connectivity index (χ0v) is 28.9. The molecule has 11 rings (SSSR count).